The number of hydrogen-bond donors (Lipinski definition) is 2. The lowest BCUT2D eigenvalue weighted by Crippen LogP contribution is -2.31. The summed E-state index contributed by atoms with van der Waals surface area (Å²) in [7, 11) is 0. The molecule has 6 nitrogen and oxygen atoms in total. The molecule has 6 heteroatoms. The largest absolute Gasteiger partial charge is 0.456 e. The Morgan fingerprint density at radius 2 is 1.10 bits per heavy atom. The highest BCUT2D eigenvalue weighted by atomic mass is 16.3. The highest BCUT2D eigenvalue weighted by Gasteiger charge is 2.19. The topological polar surface area (TPSA) is 89.8 Å². The van der Waals surface area contributed by atoms with E-state index < -0.39 is 12.3 Å². The molecule has 0 aliphatic heterocycles. The second kappa shape index (κ2) is 11.8. The van der Waals surface area contributed by atoms with Crippen LogP contribution in [-0.2, 0) is 0 Å². The number of nitrogens with one attached hydrogen (secondary N) is 1. The molecule has 0 fully saturated rings. The highest BCUT2D eigenvalue weighted by molar-refractivity contribution is 6.14. The van der Waals surface area contributed by atoms with Crippen molar-refractivity contribution in [3.05, 3.63) is 168 Å². The zero-order chi connectivity index (χ0) is 33.9. The van der Waals surface area contributed by atoms with Crippen LogP contribution in [0, 0.1) is 0 Å². The smallest absolute Gasteiger partial charge is 0.144 e. The van der Waals surface area contributed by atoms with E-state index in [1.165, 1.54) is 0 Å². The van der Waals surface area contributed by atoms with Gasteiger partial charge in [-0.05, 0) is 59.2 Å². The molecule has 51 heavy (non-hydrogen) atoms. The fourth-order valence-corrected chi connectivity index (χ4v) is 7.29. The second-order valence-corrected chi connectivity index (χ2v) is 12.9. The Hall–Kier alpha value is -6.47. The zero-order valence-electron chi connectivity index (χ0n) is 27.4. The molecule has 0 saturated heterocycles. The van der Waals surface area contributed by atoms with Gasteiger partial charge in [0.25, 0.3) is 0 Å². The van der Waals surface area contributed by atoms with Crippen molar-refractivity contribution in [1.29, 1.82) is 0 Å². The van der Waals surface area contributed by atoms with E-state index in [2.05, 4.69) is 66.0 Å². The third kappa shape index (κ3) is 5.00. The van der Waals surface area contributed by atoms with Gasteiger partial charge in [0.2, 0.25) is 0 Å². The van der Waals surface area contributed by atoms with Gasteiger partial charge in [-0.3, -0.25) is 10.3 Å². The van der Waals surface area contributed by atoms with Crippen molar-refractivity contribution in [2.45, 2.75) is 12.3 Å². The summed E-state index contributed by atoms with van der Waals surface area (Å²) in [6, 6.07) is 51.3. The molecule has 0 aliphatic rings. The molecule has 3 aromatic heterocycles. The van der Waals surface area contributed by atoms with Gasteiger partial charge in [-0.25, -0.2) is 0 Å². The van der Waals surface area contributed by atoms with E-state index in [0.29, 0.717) is 0 Å². The molecule has 10 aromatic rings. The molecule has 2 atom stereocenters. The average Bonchev–Trinajstić information content (AvgIpc) is 3.87. The number of furan rings is 3. The van der Waals surface area contributed by atoms with Crippen LogP contribution >= 0.6 is 0 Å². The molecule has 2 unspecified atom stereocenters. The van der Waals surface area contributed by atoms with Gasteiger partial charge in [-0.2, -0.15) is 0 Å². The van der Waals surface area contributed by atoms with Gasteiger partial charge < -0.3 is 19.0 Å². The molecule has 0 amide bonds. The summed E-state index contributed by atoms with van der Waals surface area (Å²) >= 11 is 0. The summed E-state index contributed by atoms with van der Waals surface area (Å²) in [5.41, 5.74) is 16.7. The maximum atomic E-state index is 6.76. The fourth-order valence-electron chi connectivity index (χ4n) is 7.29. The molecule has 0 saturated carbocycles. The molecule has 244 valence electrons. The van der Waals surface area contributed by atoms with Crippen LogP contribution < -0.4 is 11.1 Å². The predicted octanol–water partition coefficient (Wildman–Crippen LogP) is 11.4. The quantitative estimate of drug-likeness (QED) is 0.131. The number of hydrogen-bond acceptors (Lipinski definition) is 6. The molecule has 3 N–H and O–H groups in total. The third-order valence-corrected chi connectivity index (χ3v) is 9.82. The minimum atomic E-state index is -0.454. The Morgan fingerprint density at radius 1 is 0.490 bits per heavy atom. The maximum absolute atomic E-state index is 6.76. The summed E-state index contributed by atoms with van der Waals surface area (Å²) in [5, 5.41) is 9.92. The summed E-state index contributed by atoms with van der Waals surface area (Å²) in [4.78, 5) is 5.14. The molecule has 3 heterocycles. The van der Waals surface area contributed by atoms with E-state index in [1.54, 1.807) is 0 Å². The zero-order valence-corrected chi connectivity index (χ0v) is 27.4. The van der Waals surface area contributed by atoms with Crippen molar-refractivity contribution < 1.29 is 13.3 Å². The van der Waals surface area contributed by atoms with Gasteiger partial charge in [-0.15, -0.1) is 0 Å². The van der Waals surface area contributed by atoms with Crippen LogP contribution in [0.2, 0.25) is 0 Å². The number of benzene rings is 7. The van der Waals surface area contributed by atoms with Crippen molar-refractivity contribution in [2.75, 3.05) is 0 Å². The van der Waals surface area contributed by atoms with Crippen LogP contribution in [0.25, 0.3) is 76.9 Å². The number of aliphatic imine (C=N–C) groups is 1. The summed E-state index contributed by atoms with van der Waals surface area (Å²) in [6.07, 6.45) is 0.991. The highest BCUT2D eigenvalue weighted by Crippen LogP contribution is 2.39. The van der Waals surface area contributed by atoms with Crippen molar-refractivity contribution in [1.82, 2.24) is 5.32 Å². The van der Waals surface area contributed by atoms with E-state index in [-0.39, 0.29) is 0 Å². The minimum absolute atomic E-state index is 0.445. The molecule has 0 spiro atoms. The first-order valence-corrected chi connectivity index (χ1v) is 17.0. The molecule has 7 aromatic carbocycles. The molecular formula is C45H31N3O3. The summed E-state index contributed by atoms with van der Waals surface area (Å²) in [5.74, 6) is 0. The van der Waals surface area contributed by atoms with Gasteiger partial charge in [0, 0.05) is 49.7 Å². The van der Waals surface area contributed by atoms with Gasteiger partial charge in [0.15, 0.2) is 0 Å². The van der Waals surface area contributed by atoms with E-state index >= 15 is 0 Å². The summed E-state index contributed by atoms with van der Waals surface area (Å²) in [6.45, 7) is 0. The van der Waals surface area contributed by atoms with Crippen molar-refractivity contribution in [2.24, 2.45) is 10.7 Å². The average molecular weight is 662 g/mol. The first kappa shape index (κ1) is 29.4. The standard InChI is InChI=1S/C45H31N3O3/c46-44(27-10-2-1-3-11-27)48-45(29-21-23-41-37(25-29)33-14-5-7-19-39(33)50-41)47-26-30-12-8-16-34-35-17-9-15-31(43(35)51-42(30)34)28-20-22-40-36(24-28)32-13-4-6-18-38(32)49-40/h1-26,44-45,48H,46H2. The Bertz CT molecular complexity index is 2930. The lowest BCUT2D eigenvalue weighted by Gasteiger charge is -2.21. The first-order chi connectivity index (χ1) is 25.2. The number of nitrogens with zero attached hydrogens (tertiary/aromatic N) is 1. The van der Waals surface area contributed by atoms with Crippen LogP contribution in [-0.4, -0.2) is 6.21 Å². The van der Waals surface area contributed by atoms with E-state index in [4.69, 9.17) is 24.0 Å². The lowest BCUT2D eigenvalue weighted by atomic mass is 10.00. The van der Waals surface area contributed by atoms with Gasteiger partial charge in [-0.1, -0.05) is 109 Å². The van der Waals surface area contributed by atoms with Crippen LogP contribution in [0.1, 0.15) is 29.0 Å². The molecule has 0 bridgehead atoms. The first-order valence-electron chi connectivity index (χ1n) is 17.0. The second-order valence-electron chi connectivity index (χ2n) is 12.9. The van der Waals surface area contributed by atoms with Crippen molar-refractivity contribution in [3.63, 3.8) is 0 Å². The third-order valence-electron chi connectivity index (χ3n) is 9.82. The molecular weight excluding hydrogens is 631 g/mol. The van der Waals surface area contributed by atoms with E-state index in [0.717, 1.165) is 93.6 Å². The number of nitrogens with two attached hydrogens (primary N) is 1. The van der Waals surface area contributed by atoms with Crippen LogP contribution in [0.4, 0.5) is 0 Å². The normalized spacial score (nSPS) is 13.4. The number of para-hydroxylation sites is 4. The van der Waals surface area contributed by atoms with Crippen molar-refractivity contribution >= 4 is 72.0 Å². The van der Waals surface area contributed by atoms with Gasteiger partial charge >= 0.3 is 0 Å². The maximum Gasteiger partial charge on any atom is 0.144 e. The number of fused-ring (bicyclic) bond motifs is 9. The van der Waals surface area contributed by atoms with E-state index in [1.807, 2.05) is 97.2 Å². The Morgan fingerprint density at radius 3 is 1.86 bits per heavy atom. The SMILES string of the molecule is NC(NC(N=Cc1cccc2c1oc1c(-c3ccc4oc5ccccc5c4c3)cccc12)c1ccc2oc3ccccc3c2c1)c1ccccc1. The Balaban J connectivity index is 1.07. The van der Waals surface area contributed by atoms with Gasteiger partial charge in [0.1, 0.15) is 39.7 Å². The lowest BCUT2D eigenvalue weighted by molar-refractivity contribution is 0.467. The minimum Gasteiger partial charge on any atom is -0.456 e. The van der Waals surface area contributed by atoms with Crippen LogP contribution in [0.15, 0.2) is 170 Å². The van der Waals surface area contributed by atoms with Crippen LogP contribution in [0.5, 0.6) is 0 Å². The monoisotopic (exact) mass is 661 g/mol. The fraction of sp³-hybridized carbons (Fsp3) is 0.0444. The number of rotatable bonds is 7. The van der Waals surface area contributed by atoms with Gasteiger partial charge in [0.05, 0.1) is 6.17 Å². The van der Waals surface area contributed by atoms with Crippen molar-refractivity contribution in [3.8, 4) is 11.1 Å². The van der Waals surface area contributed by atoms with E-state index in [9.17, 15) is 0 Å². The molecule has 0 radical (unpaired) electrons. The molecule has 0 aliphatic carbocycles. The molecule has 10 rings (SSSR count). The predicted molar refractivity (Wildman–Crippen MR) is 207 cm³/mol. The summed E-state index contributed by atoms with van der Waals surface area (Å²) < 4.78 is 19.0. The Labute approximate surface area is 292 Å². The van der Waals surface area contributed by atoms with Crippen LogP contribution in [0.3, 0.4) is 0 Å². The Kier molecular flexibility index (Phi) is 6.84.